The van der Waals surface area contributed by atoms with Gasteiger partial charge in [-0.3, -0.25) is 4.18 Å². The second kappa shape index (κ2) is 15.9. The van der Waals surface area contributed by atoms with Crippen LogP contribution in [-0.2, 0) is 20.7 Å². The predicted molar refractivity (Wildman–Crippen MR) is 133 cm³/mol. The molecule has 1 N–H and O–H groups in total. The van der Waals surface area contributed by atoms with Crippen LogP contribution in [0.5, 0.6) is 5.75 Å². The molecule has 0 heterocycles. The van der Waals surface area contributed by atoms with Gasteiger partial charge in [-0.05, 0) is 42.7 Å². The minimum Gasteiger partial charge on any atom is -0.491 e. The Morgan fingerprint density at radius 2 is 1.33 bits per heavy atom. The second-order valence-electron chi connectivity index (χ2n) is 8.59. The van der Waals surface area contributed by atoms with Crippen molar-refractivity contribution >= 4 is 10.1 Å². The van der Waals surface area contributed by atoms with Gasteiger partial charge in [-0.25, -0.2) is 0 Å². The van der Waals surface area contributed by atoms with Crippen LogP contribution in [0, 0.1) is 0 Å². The highest BCUT2D eigenvalue weighted by molar-refractivity contribution is 7.86. The summed E-state index contributed by atoms with van der Waals surface area (Å²) in [6.45, 7) is 1.85. The van der Waals surface area contributed by atoms with Gasteiger partial charge in [0.2, 0.25) is 0 Å². The van der Waals surface area contributed by atoms with E-state index >= 15 is 0 Å². The van der Waals surface area contributed by atoms with Gasteiger partial charge in [0.05, 0.1) is 11.5 Å². The normalized spacial score (nSPS) is 12.5. The number of aliphatic hydroxyl groups is 1. The molecule has 2 aromatic rings. The number of aliphatic hydroxyl groups excluding tert-OH is 1. The summed E-state index contributed by atoms with van der Waals surface area (Å²) in [4.78, 5) is 0.102. The molecule has 0 radical (unpaired) electrons. The maximum atomic E-state index is 12.4. The van der Waals surface area contributed by atoms with Gasteiger partial charge >= 0.3 is 0 Å². The topological polar surface area (TPSA) is 72.8 Å². The zero-order valence-corrected chi connectivity index (χ0v) is 20.8. The first-order valence-corrected chi connectivity index (χ1v) is 13.8. The lowest BCUT2D eigenvalue weighted by atomic mass is 10.0. The molecule has 1 atom stereocenters. The zero-order chi connectivity index (χ0) is 23.8. The Kier molecular flexibility index (Phi) is 13.1. The lowest BCUT2D eigenvalue weighted by molar-refractivity contribution is 0.0648. The van der Waals surface area contributed by atoms with Crippen molar-refractivity contribution in [2.75, 3.05) is 13.2 Å². The molecule has 0 fully saturated rings. The average molecular weight is 477 g/mol. The fourth-order valence-electron chi connectivity index (χ4n) is 3.63. The third-order valence-electron chi connectivity index (χ3n) is 5.63. The lowest BCUT2D eigenvalue weighted by Crippen LogP contribution is -2.25. The average Bonchev–Trinajstić information content (AvgIpc) is 2.83. The fraction of sp³-hybridized carbons (Fsp3) is 0.556. The van der Waals surface area contributed by atoms with Gasteiger partial charge in [-0.2, -0.15) is 8.42 Å². The van der Waals surface area contributed by atoms with Gasteiger partial charge in [-0.15, -0.1) is 0 Å². The summed E-state index contributed by atoms with van der Waals surface area (Å²) in [5, 5.41) is 9.97. The van der Waals surface area contributed by atoms with Crippen LogP contribution in [0.4, 0.5) is 0 Å². The summed E-state index contributed by atoms with van der Waals surface area (Å²) in [7, 11) is -3.91. The van der Waals surface area contributed by atoms with Crippen LogP contribution in [0.25, 0.3) is 0 Å². The number of para-hydroxylation sites is 1. The van der Waals surface area contributed by atoms with Gasteiger partial charge in [-0.1, -0.05) is 95.0 Å². The molecule has 33 heavy (non-hydrogen) atoms. The van der Waals surface area contributed by atoms with E-state index in [4.69, 9.17) is 8.92 Å². The predicted octanol–water partition coefficient (Wildman–Crippen LogP) is 6.30. The van der Waals surface area contributed by atoms with Crippen LogP contribution in [-0.4, -0.2) is 32.8 Å². The molecule has 0 bridgehead atoms. The van der Waals surface area contributed by atoms with E-state index in [2.05, 4.69) is 6.92 Å². The molecule has 2 rings (SSSR count). The maximum Gasteiger partial charge on any atom is 0.297 e. The van der Waals surface area contributed by atoms with Crippen molar-refractivity contribution in [2.24, 2.45) is 0 Å². The minimum atomic E-state index is -3.91. The lowest BCUT2D eigenvalue weighted by Gasteiger charge is -2.13. The maximum absolute atomic E-state index is 12.4. The van der Waals surface area contributed by atoms with Gasteiger partial charge in [0.25, 0.3) is 10.1 Å². The molecule has 0 amide bonds. The molecule has 6 heteroatoms. The Morgan fingerprint density at radius 3 is 1.94 bits per heavy atom. The van der Waals surface area contributed by atoms with Gasteiger partial charge in [0, 0.05) is 0 Å². The number of benzene rings is 2. The Labute approximate surface area is 200 Å². The number of unbranched alkanes of at least 4 members (excludes halogenated alkanes) is 9. The van der Waals surface area contributed by atoms with Crippen molar-refractivity contribution in [3.63, 3.8) is 0 Å². The van der Waals surface area contributed by atoms with Crippen LogP contribution in [0.2, 0.25) is 0 Å². The molecule has 0 aliphatic rings. The standard InChI is InChI=1S/C27H40O5S/c1-2-3-4-5-6-7-8-9-10-12-15-24-18-20-27(21-19-24)33(29,30)32-23-25(28)22-31-26-16-13-11-14-17-26/h11,13-14,16-21,25,28H,2-10,12,15,22-23H2,1H3. The second-order valence-corrected chi connectivity index (χ2v) is 10.2. The van der Waals surface area contributed by atoms with Crippen LogP contribution in [0.3, 0.4) is 0 Å². The molecule has 0 saturated heterocycles. The van der Waals surface area contributed by atoms with E-state index in [1.54, 1.807) is 24.3 Å². The Morgan fingerprint density at radius 1 is 0.758 bits per heavy atom. The first kappa shape index (κ1) is 27.4. The number of hydrogen-bond acceptors (Lipinski definition) is 5. The Hall–Kier alpha value is -1.89. The van der Waals surface area contributed by atoms with E-state index in [1.807, 2.05) is 30.3 Å². The summed E-state index contributed by atoms with van der Waals surface area (Å²) in [5.41, 5.74) is 1.13. The molecular formula is C27H40O5S. The van der Waals surface area contributed by atoms with Gasteiger partial charge in [0.1, 0.15) is 18.5 Å². The van der Waals surface area contributed by atoms with Crippen LogP contribution < -0.4 is 4.74 Å². The third kappa shape index (κ3) is 11.7. The summed E-state index contributed by atoms with van der Waals surface area (Å²) in [5.74, 6) is 0.609. The van der Waals surface area contributed by atoms with Crippen molar-refractivity contribution in [1.82, 2.24) is 0 Å². The molecule has 0 spiro atoms. The van der Waals surface area contributed by atoms with E-state index in [0.717, 1.165) is 18.4 Å². The van der Waals surface area contributed by atoms with Gasteiger partial charge in [0.15, 0.2) is 0 Å². The van der Waals surface area contributed by atoms with E-state index in [-0.39, 0.29) is 18.1 Å². The Balaban J connectivity index is 1.62. The van der Waals surface area contributed by atoms with Crippen molar-refractivity contribution in [1.29, 1.82) is 0 Å². The molecular weight excluding hydrogens is 436 g/mol. The first-order chi connectivity index (χ1) is 16.0. The molecule has 0 saturated carbocycles. The number of rotatable bonds is 18. The van der Waals surface area contributed by atoms with Crippen molar-refractivity contribution in [2.45, 2.75) is 88.6 Å². The summed E-state index contributed by atoms with van der Waals surface area (Å²) in [6.07, 6.45) is 12.9. The Bertz CT molecular complexity index is 850. The van der Waals surface area contributed by atoms with Crippen LogP contribution in [0.1, 0.15) is 76.7 Å². The summed E-state index contributed by atoms with van der Waals surface area (Å²) >= 11 is 0. The zero-order valence-electron chi connectivity index (χ0n) is 20.0. The SMILES string of the molecule is CCCCCCCCCCCCc1ccc(S(=O)(=O)OCC(O)COc2ccccc2)cc1. The highest BCUT2D eigenvalue weighted by Gasteiger charge is 2.18. The molecule has 0 aliphatic heterocycles. The van der Waals surface area contributed by atoms with Crippen molar-refractivity contribution in [3.8, 4) is 5.75 Å². The molecule has 0 aromatic heterocycles. The van der Waals surface area contributed by atoms with E-state index in [9.17, 15) is 13.5 Å². The van der Waals surface area contributed by atoms with Crippen LogP contribution in [0.15, 0.2) is 59.5 Å². The molecule has 0 aliphatic carbocycles. The largest absolute Gasteiger partial charge is 0.491 e. The third-order valence-corrected chi connectivity index (χ3v) is 6.93. The minimum absolute atomic E-state index is 0.0443. The molecule has 184 valence electrons. The van der Waals surface area contributed by atoms with Crippen LogP contribution >= 0.6 is 0 Å². The van der Waals surface area contributed by atoms with E-state index in [1.165, 1.54) is 57.8 Å². The first-order valence-electron chi connectivity index (χ1n) is 12.4. The number of hydrogen-bond donors (Lipinski definition) is 1. The van der Waals surface area contributed by atoms with E-state index < -0.39 is 16.2 Å². The molecule has 2 aromatic carbocycles. The quantitative estimate of drug-likeness (QED) is 0.202. The van der Waals surface area contributed by atoms with Crippen molar-refractivity contribution in [3.05, 3.63) is 60.2 Å². The van der Waals surface area contributed by atoms with Gasteiger partial charge < -0.3 is 9.84 Å². The van der Waals surface area contributed by atoms with Crippen molar-refractivity contribution < 1.29 is 22.4 Å². The summed E-state index contributed by atoms with van der Waals surface area (Å²) < 4.78 is 35.2. The highest BCUT2D eigenvalue weighted by atomic mass is 32.2. The summed E-state index contributed by atoms with van der Waals surface area (Å²) in [6, 6.07) is 15.9. The number of aryl methyl sites for hydroxylation is 1. The monoisotopic (exact) mass is 476 g/mol. The molecule has 5 nitrogen and oxygen atoms in total. The highest BCUT2D eigenvalue weighted by Crippen LogP contribution is 2.17. The van der Waals surface area contributed by atoms with E-state index in [0.29, 0.717) is 5.75 Å². The number of ether oxygens (including phenoxy) is 1. The smallest absolute Gasteiger partial charge is 0.297 e. The molecule has 1 unspecified atom stereocenters. The fourth-order valence-corrected chi connectivity index (χ4v) is 4.57.